The first kappa shape index (κ1) is 98.9. The molecule has 29 N–H and O–H groups in total. The molecule has 1 heterocycles. The number of aliphatic hydroxyl groups excluding tert-OH is 3. The van der Waals surface area contributed by atoms with Crippen molar-refractivity contribution in [1.82, 2.24) is 68.7 Å². The molecular formula is C68H122N20O21S. The van der Waals surface area contributed by atoms with Gasteiger partial charge in [-0.1, -0.05) is 60.8 Å². The average Bonchev–Trinajstić information content (AvgIpc) is 1.62. The first-order chi connectivity index (χ1) is 51.9. The standard InChI is InChI=1S/C68H122N20O21S/c1-9-36(5)52(85-59(100)41(18-12-14-27-70)78-55(96)39(71)17-11-13-26-69)64(105)83-46(33-89)56(97)76-32-50(93)77-40(19-15-28-75-68(73)74)57(98)82-45(31-35(3)4)61(102)84-47(34-90)66(107)88-29-16-20-48(88)62(103)86-53(37(6)10-2)63(104)80-43(25-30-110-8)60(101)87-54(38(7)91)65(106)79-42(22-24-51(94)95)58(99)81-44(67(108)109)21-23-49(72)92/h35-48,52-54,89-91H,9-34,69-71H2,1-8H3,(H2,72,92)(H,76,97)(H,77,93)(H,78,96)(H,79,106)(H,80,104)(H,81,99)(H,82,98)(H,83,105)(H,84,102)(H,85,100)(H,86,103)(H,87,101)(H,94,95)(H,108,109)(H4,73,74,75)/t36-,37-,38+,39-,40-,41-,42-,43-,44-,45-,46-,47-,48-,52-,53-,54-/m0/s1. The number of nitrogens with one attached hydrogen (secondary N) is 12. The predicted octanol–water partition coefficient (Wildman–Crippen LogP) is -7.46. The third-order valence-corrected chi connectivity index (χ3v) is 18.8. The van der Waals surface area contributed by atoms with Crippen LogP contribution in [0.15, 0.2) is 4.99 Å². The number of unbranched alkanes of at least 4 members (excludes halogenated alkanes) is 2. The molecule has 42 heteroatoms. The van der Waals surface area contributed by atoms with Crippen LogP contribution in [0.4, 0.5) is 0 Å². The Labute approximate surface area is 644 Å². The van der Waals surface area contributed by atoms with E-state index in [9.17, 15) is 102 Å². The van der Waals surface area contributed by atoms with Gasteiger partial charge in [-0.25, -0.2) is 4.79 Å². The average molecular weight is 1590 g/mol. The Morgan fingerprint density at radius 3 is 1.47 bits per heavy atom. The Balaban J connectivity index is 3.43. The second kappa shape index (κ2) is 52.9. The van der Waals surface area contributed by atoms with Crippen molar-refractivity contribution in [2.24, 2.45) is 57.1 Å². The summed E-state index contributed by atoms with van der Waals surface area (Å²) in [4.78, 5) is 221. The van der Waals surface area contributed by atoms with Crippen LogP contribution in [-0.2, 0) is 76.7 Å². The number of primary amides is 1. The third kappa shape index (κ3) is 36.6. The molecule has 0 aromatic rings. The summed E-state index contributed by atoms with van der Waals surface area (Å²) < 4.78 is 0. The fraction of sp³-hybridized carbons (Fsp3) is 0.750. The van der Waals surface area contributed by atoms with Gasteiger partial charge in [-0.2, -0.15) is 11.8 Å². The van der Waals surface area contributed by atoms with Crippen molar-refractivity contribution >= 4 is 112 Å². The second-order valence-electron chi connectivity index (χ2n) is 27.6. The zero-order chi connectivity index (χ0) is 83.5. The summed E-state index contributed by atoms with van der Waals surface area (Å²) in [6, 6.07) is -19.2. The summed E-state index contributed by atoms with van der Waals surface area (Å²) >= 11 is 1.26. The van der Waals surface area contributed by atoms with Crippen molar-refractivity contribution in [3.05, 3.63) is 0 Å². The molecule has 1 saturated heterocycles. The van der Waals surface area contributed by atoms with Crippen LogP contribution in [0.2, 0.25) is 0 Å². The summed E-state index contributed by atoms with van der Waals surface area (Å²) in [5, 5.41) is 80.4. The summed E-state index contributed by atoms with van der Waals surface area (Å²) in [6.45, 7) is 9.00. The number of carbonyl (C=O) groups is 16. The number of carboxylic acid groups (broad SMARTS) is 2. The topological polar surface area (TPSA) is 690 Å². The lowest BCUT2D eigenvalue weighted by atomic mass is 9.97. The number of carboxylic acids is 2. The molecule has 0 unspecified atom stereocenters. The first-order valence-electron chi connectivity index (χ1n) is 37.1. The Hall–Kier alpha value is -9.10. The first-order valence-corrected chi connectivity index (χ1v) is 38.5. The highest BCUT2D eigenvalue weighted by molar-refractivity contribution is 7.98. The Morgan fingerprint density at radius 2 is 0.964 bits per heavy atom. The van der Waals surface area contributed by atoms with Crippen molar-refractivity contribution in [1.29, 1.82) is 0 Å². The van der Waals surface area contributed by atoms with E-state index in [1.807, 2.05) is 0 Å². The number of hydrogen-bond acceptors (Lipinski definition) is 24. The quantitative estimate of drug-likeness (QED) is 0.0153. The maximum atomic E-state index is 14.4. The number of nitrogens with two attached hydrogens (primary N) is 6. The highest BCUT2D eigenvalue weighted by Gasteiger charge is 2.42. The van der Waals surface area contributed by atoms with Crippen LogP contribution < -0.4 is 98.2 Å². The van der Waals surface area contributed by atoms with Crippen molar-refractivity contribution in [3.63, 3.8) is 0 Å². The van der Waals surface area contributed by atoms with E-state index >= 15 is 0 Å². The summed E-state index contributed by atoms with van der Waals surface area (Å²) in [6.07, 6.45) is 0.955. The van der Waals surface area contributed by atoms with Crippen molar-refractivity contribution in [2.75, 3.05) is 57.9 Å². The van der Waals surface area contributed by atoms with Crippen LogP contribution in [-0.4, -0.2) is 274 Å². The lowest BCUT2D eigenvalue weighted by Crippen LogP contribution is -2.62. The molecule has 1 rings (SSSR count). The molecule has 16 atom stereocenters. The minimum Gasteiger partial charge on any atom is -0.481 e. The largest absolute Gasteiger partial charge is 0.481 e. The predicted molar refractivity (Wildman–Crippen MR) is 403 cm³/mol. The highest BCUT2D eigenvalue weighted by atomic mass is 32.2. The van der Waals surface area contributed by atoms with Crippen LogP contribution in [0, 0.1) is 17.8 Å². The number of thioether (sulfide) groups is 1. The lowest BCUT2D eigenvalue weighted by molar-refractivity contribution is -0.143. The molecule has 0 saturated carbocycles. The molecule has 0 aliphatic carbocycles. The Morgan fingerprint density at radius 1 is 0.509 bits per heavy atom. The number of likely N-dealkylation sites (tertiary alicyclic amines) is 1. The highest BCUT2D eigenvalue weighted by Crippen LogP contribution is 2.21. The van der Waals surface area contributed by atoms with Crippen molar-refractivity contribution in [3.8, 4) is 0 Å². The molecule has 1 aliphatic heterocycles. The van der Waals surface area contributed by atoms with Gasteiger partial charge in [0.15, 0.2) is 5.96 Å². The van der Waals surface area contributed by atoms with E-state index in [1.54, 1.807) is 47.8 Å². The number of amides is 14. The van der Waals surface area contributed by atoms with Gasteiger partial charge < -0.3 is 129 Å². The minimum absolute atomic E-state index is 0.0351. The normalized spacial score (nSPS) is 16.7. The number of nitrogens with zero attached hydrogens (tertiary/aromatic N) is 2. The number of rotatable bonds is 56. The number of hydrogen-bond donors (Lipinski definition) is 23. The van der Waals surface area contributed by atoms with E-state index in [1.165, 1.54) is 11.8 Å². The molecule has 110 heavy (non-hydrogen) atoms. The van der Waals surface area contributed by atoms with Crippen LogP contribution >= 0.6 is 11.8 Å². The summed E-state index contributed by atoms with van der Waals surface area (Å²) in [7, 11) is 0. The van der Waals surface area contributed by atoms with E-state index in [4.69, 9.17) is 34.4 Å². The zero-order valence-corrected chi connectivity index (χ0v) is 65.1. The smallest absolute Gasteiger partial charge is 0.326 e. The van der Waals surface area contributed by atoms with E-state index in [-0.39, 0.29) is 82.1 Å². The van der Waals surface area contributed by atoms with Gasteiger partial charge in [0.25, 0.3) is 0 Å². The van der Waals surface area contributed by atoms with E-state index in [0.717, 1.165) is 11.8 Å². The molecule has 14 amide bonds. The van der Waals surface area contributed by atoms with Crippen LogP contribution in [0.3, 0.4) is 0 Å². The molecular weight excluding hydrogens is 1460 g/mol. The summed E-state index contributed by atoms with van der Waals surface area (Å²) in [5.41, 5.74) is 33.5. The van der Waals surface area contributed by atoms with Crippen LogP contribution in [0.5, 0.6) is 0 Å². The third-order valence-electron chi connectivity index (χ3n) is 18.2. The van der Waals surface area contributed by atoms with Gasteiger partial charge >= 0.3 is 11.9 Å². The maximum absolute atomic E-state index is 14.4. The van der Waals surface area contributed by atoms with Gasteiger partial charge in [0.05, 0.1) is 31.9 Å². The SMILES string of the molecule is CC[C@H](C)[C@H](NC(=O)[C@H](CCCCN)NC(=O)[C@@H](N)CCCCN)C(=O)N[C@@H](CO)C(=O)NCC(=O)N[C@@H](CCCN=C(N)N)C(=O)N[C@@H](CC(C)C)C(=O)N[C@@H](CO)C(=O)N1CCC[C@H]1C(=O)N[C@H](C(=O)N[C@@H](CCSC)C(=O)N[C@H](C(=O)N[C@@H](CCC(=O)O)C(=O)N[C@@H](CCC(N)=O)C(=O)O)[C@@H](C)O)[C@@H](C)CC. The van der Waals surface area contributed by atoms with E-state index < -0.39 is 237 Å². The van der Waals surface area contributed by atoms with Gasteiger partial charge in [0.2, 0.25) is 82.7 Å². The second-order valence-corrected chi connectivity index (χ2v) is 28.6. The van der Waals surface area contributed by atoms with Gasteiger partial charge in [0, 0.05) is 25.9 Å². The molecule has 0 spiro atoms. The Bertz CT molecular complexity index is 3080. The van der Waals surface area contributed by atoms with Gasteiger partial charge in [-0.05, 0) is 133 Å². The molecule has 626 valence electrons. The van der Waals surface area contributed by atoms with Gasteiger partial charge in [0.1, 0.15) is 72.5 Å². The van der Waals surface area contributed by atoms with E-state index in [0.29, 0.717) is 51.6 Å². The molecule has 1 fully saturated rings. The number of aliphatic imine (C=N–C) groups is 1. The molecule has 0 bridgehead atoms. The number of carbonyl (C=O) groups excluding carboxylic acids is 14. The van der Waals surface area contributed by atoms with Crippen LogP contribution in [0.1, 0.15) is 164 Å². The fourth-order valence-electron chi connectivity index (χ4n) is 11.3. The zero-order valence-electron chi connectivity index (χ0n) is 64.2. The number of guanidine groups is 1. The fourth-order valence-corrected chi connectivity index (χ4v) is 11.8. The van der Waals surface area contributed by atoms with Crippen LogP contribution in [0.25, 0.3) is 0 Å². The van der Waals surface area contributed by atoms with Crippen molar-refractivity contribution < 1.29 is 102 Å². The summed E-state index contributed by atoms with van der Waals surface area (Å²) in [5.74, 6) is -17.7. The lowest BCUT2D eigenvalue weighted by Gasteiger charge is -2.32. The molecule has 0 aromatic carbocycles. The molecule has 0 radical (unpaired) electrons. The van der Waals surface area contributed by atoms with Gasteiger partial charge in [-0.15, -0.1) is 0 Å². The monoisotopic (exact) mass is 1590 g/mol. The Kier molecular flexibility index (Phi) is 47.6. The number of aliphatic hydroxyl groups is 3. The molecule has 41 nitrogen and oxygen atoms in total. The van der Waals surface area contributed by atoms with E-state index in [2.05, 4.69) is 68.8 Å². The maximum Gasteiger partial charge on any atom is 0.326 e. The van der Waals surface area contributed by atoms with Crippen molar-refractivity contribution in [2.45, 2.75) is 249 Å². The number of aliphatic carboxylic acids is 2. The minimum atomic E-state index is -1.88. The molecule has 1 aliphatic rings. The molecule has 0 aromatic heterocycles. The van der Waals surface area contributed by atoms with Gasteiger partial charge in [-0.3, -0.25) is 76.9 Å².